The third-order valence-corrected chi connectivity index (χ3v) is 5.96. The first-order valence-corrected chi connectivity index (χ1v) is 11.5. The van der Waals surface area contributed by atoms with Crippen molar-refractivity contribution in [1.29, 1.82) is 0 Å². The van der Waals surface area contributed by atoms with Crippen LogP contribution in [-0.2, 0) is 0 Å². The number of nitrogens with two attached hydrogens (primary N) is 1. The molecule has 1 aliphatic heterocycles. The van der Waals surface area contributed by atoms with Crippen molar-refractivity contribution >= 4 is 11.6 Å². The summed E-state index contributed by atoms with van der Waals surface area (Å²) in [5.41, 5.74) is 9.35. The number of aromatic nitrogens is 3. The number of nitrogens with one attached hydrogen (secondary N) is 1. The average molecular weight is 487 g/mol. The lowest BCUT2D eigenvalue weighted by atomic mass is 9.99. The topological polar surface area (TPSA) is 89.1 Å². The molecule has 0 spiro atoms. The van der Waals surface area contributed by atoms with Crippen LogP contribution >= 0.6 is 0 Å². The highest BCUT2D eigenvalue weighted by atomic mass is 19.3. The normalized spacial score (nSPS) is 17.4. The average Bonchev–Trinajstić information content (AvgIpc) is 3.45. The number of benzene rings is 1. The van der Waals surface area contributed by atoms with Gasteiger partial charge in [0.05, 0.1) is 35.9 Å². The van der Waals surface area contributed by atoms with E-state index in [1.165, 1.54) is 6.07 Å². The molecule has 0 unspecified atom stereocenters. The van der Waals surface area contributed by atoms with Crippen LogP contribution in [0.4, 0.5) is 18.9 Å². The summed E-state index contributed by atoms with van der Waals surface area (Å²) in [6, 6.07) is 4.90. The van der Waals surface area contributed by atoms with Crippen molar-refractivity contribution in [2.75, 3.05) is 25.9 Å². The van der Waals surface area contributed by atoms with Gasteiger partial charge in [-0.1, -0.05) is 0 Å². The first kappa shape index (κ1) is 24.7. The number of alkyl halides is 2. The van der Waals surface area contributed by atoms with Gasteiger partial charge >= 0.3 is 0 Å². The van der Waals surface area contributed by atoms with Crippen LogP contribution in [0.3, 0.4) is 0 Å². The number of nitrogens with zero attached hydrogens (tertiary/aromatic N) is 4. The summed E-state index contributed by atoms with van der Waals surface area (Å²) in [5, 5.41) is 7.15. The SMILES string of the molecule is CN1CCCC(F)(F)C1.Cc1cc(F)c(C(=O)NC2CC2)cc1-c1cnn(-c2cncc(N)c2)c1. The van der Waals surface area contributed by atoms with E-state index in [-0.39, 0.29) is 30.5 Å². The molecule has 3 N–H and O–H groups in total. The zero-order valence-electron chi connectivity index (χ0n) is 19.8. The minimum Gasteiger partial charge on any atom is -0.397 e. The molecular weight excluding hydrogens is 457 g/mol. The molecule has 3 heterocycles. The van der Waals surface area contributed by atoms with E-state index >= 15 is 0 Å². The Morgan fingerprint density at radius 3 is 2.60 bits per heavy atom. The third kappa shape index (κ3) is 6.39. The lowest BCUT2D eigenvalue weighted by molar-refractivity contribution is -0.0571. The van der Waals surface area contributed by atoms with Crippen molar-refractivity contribution < 1.29 is 18.0 Å². The molecule has 2 aliphatic rings. The van der Waals surface area contributed by atoms with Gasteiger partial charge in [0.15, 0.2) is 0 Å². The monoisotopic (exact) mass is 486 g/mol. The number of likely N-dealkylation sites (tertiary alicyclic amines) is 1. The summed E-state index contributed by atoms with van der Waals surface area (Å²) in [7, 11) is 1.73. The van der Waals surface area contributed by atoms with Crippen LogP contribution in [0.25, 0.3) is 16.8 Å². The van der Waals surface area contributed by atoms with E-state index in [1.54, 1.807) is 60.5 Å². The molecule has 186 valence electrons. The molecule has 7 nitrogen and oxygen atoms in total. The van der Waals surface area contributed by atoms with Crippen molar-refractivity contribution in [1.82, 2.24) is 25.0 Å². The van der Waals surface area contributed by atoms with Crippen LogP contribution in [-0.4, -0.2) is 57.7 Å². The molecule has 10 heteroatoms. The van der Waals surface area contributed by atoms with Crippen molar-refractivity contribution in [3.63, 3.8) is 0 Å². The maximum atomic E-state index is 14.3. The summed E-state index contributed by atoms with van der Waals surface area (Å²) in [6.07, 6.45) is 9.29. The third-order valence-electron chi connectivity index (χ3n) is 5.96. The van der Waals surface area contributed by atoms with E-state index in [1.807, 2.05) is 0 Å². The quantitative estimate of drug-likeness (QED) is 0.577. The number of nitrogen functional groups attached to an aromatic ring is 1. The molecule has 1 aromatic carbocycles. The Morgan fingerprint density at radius 1 is 1.20 bits per heavy atom. The number of piperidine rings is 1. The van der Waals surface area contributed by atoms with Crippen molar-refractivity contribution in [3.8, 4) is 16.8 Å². The molecule has 0 atom stereocenters. The molecular formula is C25H29F3N6O. The lowest BCUT2D eigenvalue weighted by Gasteiger charge is -2.28. The van der Waals surface area contributed by atoms with Crippen molar-refractivity contribution in [3.05, 3.63) is 59.9 Å². The number of anilines is 1. The van der Waals surface area contributed by atoms with Gasteiger partial charge in [0, 0.05) is 30.4 Å². The fourth-order valence-electron chi connectivity index (χ4n) is 3.98. The predicted octanol–water partition coefficient (Wildman–Crippen LogP) is 4.20. The van der Waals surface area contributed by atoms with Crippen molar-refractivity contribution in [2.45, 2.75) is 44.6 Å². The lowest BCUT2D eigenvalue weighted by Crippen LogP contribution is -2.39. The van der Waals surface area contributed by atoms with Crippen molar-refractivity contribution in [2.24, 2.45) is 0 Å². The van der Waals surface area contributed by atoms with E-state index in [0.717, 1.165) is 41.8 Å². The summed E-state index contributed by atoms with van der Waals surface area (Å²) in [5.74, 6) is -3.32. The Morgan fingerprint density at radius 2 is 1.97 bits per heavy atom. The highest BCUT2D eigenvalue weighted by Gasteiger charge is 2.33. The maximum Gasteiger partial charge on any atom is 0.260 e. The van der Waals surface area contributed by atoms with Gasteiger partial charge < -0.3 is 16.0 Å². The Labute approximate surface area is 202 Å². The standard InChI is InChI=1S/C19H18FN5O.C6H11F2N/c1-11-4-18(20)17(19(26)24-14-2-3-14)6-16(11)12-7-23-25(10-12)15-5-13(21)8-22-9-15;1-9-4-2-3-6(7,8)5-9/h4-10,14H,2-3,21H2,1H3,(H,24,26);2-5H2,1H3. The zero-order valence-corrected chi connectivity index (χ0v) is 19.8. The van der Waals surface area contributed by atoms with E-state index in [0.29, 0.717) is 12.1 Å². The van der Waals surface area contributed by atoms with Gasteiger partial charge in [-0.05, 0) is 69.1 Å². The number of carbonyl (C=O) groups excluding carboxylic acids is 1. The van der Waals surface area contributed by atoms with Gasteiger partial charge in [-0.2, -0.15) is 5.10 Å². The highest BCUT2D eigenvalue weighted by molar-refractivity contribution is 5.96. The smallest absolute Gasteiger partial charge is 0.260 e. The Hall–Kier alpha value is -3.40. The number of hydrogen-bond acceptors (Lipinski definition) is 5. The zero-order chi connectivity index (χ0) is 25.2. The molecule has 0 radical (unpaired) electrons. The second-order valence-corrected chi connectivity index (χ2v) is 9.24. The van der Waals surface area contributed by atoms with E-state index in [4.69, 9.17) is 5.73 Å². The van der Waals surface area contributed by atoms with E-state index in [9.17, 15) is 18.0 Å². The molecule has 1 amide bonds. The molecule has 1 saturated carbocycles. The minimum absolute atomic E-state index is 0.0517. The summed E-state index contributed by atoms with van der Waals surface area (Å²) >= 11 is 0. The van der Waals surface area contributed by atoms with Gasteiger partial charge in [0.2, 0.25) is 0 Å². The number of rotatable bonds is 4. The van der Waals surface area contributed by atoms with Gasteiger partial charge in [0.1, 0.15) is 5.82 Å². The number of pyridine rings is 1. The first-order chi connectivity index (χ1) is 16.6. The Kier molecular flexibility index (Phi) is 7.11. The van der Waals surface area contributed by atoms with Crippen LogP contribution < -0.4 is 11.1 Å². The predicted molar refractivity (Wildman–Crippen MR) is 128 cm³/mol. The van der Waals surface area contributed by atoms with Crippen LogP contribution in [0, 0.1) is 12.7 Å². The molecule has 0 bridgehead atoms. The number of carbonyl (C=O) groups is 1. The van der Waals surface area contributed by atoms with E-state index < -0.39 is 11.7 Å². The molecule has 2 fully saturated rings. The fraction of sp³-hybridized carbons (Fsp3) is 0.400. The first-order valence-electron chi connectivity index (χ1n) is 11.5. The van der Waals surface area contributed by atoms with Crippen LogP contribution in [0.2, 0.25) is 0 Å². The van der Waals surface area contributed by atoms with Crippen LogP contribution in [0.1, 0.15) is 41.6 Å². The summed E-state index contributed by atoms with van der Waals surface area (Å²) in [4.78, 5) is 18.0. The molecule has 5 rings (SSSR count). The Bertz CT molecular complexity index is 1210. The number of aryl methyl sites for hydroxylation is 1. The number of halogens is 3. The highest BCUT2D eigenvalue weighted by Crippen LogP contribution is 2.28. The second kappa shape index (κ2) is 10.1. The maximum absolute atomic E-state index is 14.3. The van der Waals surface area contributed by atoms with Gasteiger partial charge in [-0.3, -0.25) is 9.78 Å². The second-order valence-electron chi connectivity index (χ2n) is 9.24. The molecule has 1 saturated heterocycles. The van der Waals surface area contributed by atoms with Gasteiger partial charge in [0.25, 0.3) is 11.8 Å². The fourth-order valence-corrected chi connectivity index (χ4v) is 3.98. The summed E-state index contributed by atoms with van der Waals surface area (Å²) < 4.78 is 40.7. The minimum atomic E-state index is -2.42. The summed E-state index contributed by atoms with van der Waals surface area (Å²) in [6.45, 7) is 2.56. The largest absolute Gasteiger partial charge is 0.397 e. The number of hydrogen-bond donors (Lipinski definition) is 2. The molecule has 1 aliphatic carbocycles. The van der Waals surface area contributed by atoms with Gasteiger partial charge in [-0.15, -0.1) is 0 Å². The van der Waals surface area contributed by atoms with Gasteiger partial charge in [-0.25, -0.2) is 17.9 Å². The van der Waals surface area contributed by atoms with E-state index in [2.05, 4.69) is 15.4 Å². The van der Waals surface area contributed by atoms with Crippen LogP contribution in [0.15, 0.2) is 43.0 Å². The van der Waals surface area contributed by atoms with Crippen LogP contribution in [0.5, 0.6) is 0 Å². The molecule has 2 aromatic heterocycles. The number of amides is 1. The Balaban J connectivity index is 0.000000271. The molecule has 35 heavy (non-hydrogen) atoms. The molecule has 3 aromatic rings.